The zero-order valence-electron chi connectivity index (χ0n) is 14.8. The van der Waals surface area contributed by atoms with Crippen molar-refractivity contribution in [3.05, 3.63) is 28.2 Å². The second kappa shape index (κ2) is 9.47. The fraction of sp³-hybridized carbons (Fsp3) is 0.467. The van der Waals surface area contributed by atoms with Crippen molar-refractivity contribution in [3.8, 4) is 0 Å². The minimum atomic E-state index is -4.59. The lowest BCUT2D eigenvalue weighted by atomic mass is 10.3. The van der Waals surface area contributed by atoms with Gasteiger partial charge in [0.05, 0.1) is 16.6 Å². The van der Waals surface area contributed by atoms with Gasteiger partial charge in [0.15, 0.2) is 0 Å². The fourth-order valence-electron chi connectivity index (χ4n) is 2.58. The lowest BCUT2D eigenvalue weighted by molar-refractivity contribution is -0.125. The molecule has 0 saturated carbocycles. The number of nitrogens with zero attached hydrogens (tertiary/aromatic N) is 2. The fourth-order valence-corrected chi connectivity index (χ4v) is 5.09. The molecule has 0 atom stereocenters. The number of piperazine rings is 1. The van der Waals surface area contributed by atoms with Crippen LogP contribution >= 0.6 is 23.2 Å². The summed E-state index contributed by atoms with van der Waals surface area (Å²) in [6.07, 6.45) is -4.59. The Morgan fingerprint density at radius 2 is 1.62 bits per heavy atom. The molecule has 8 nitrogen and oxygen atoms in total. The smallest absolute Gasteiger partial charge is 0.329 e. The van der Waals surface area contributed by atoms with Gasteiger partial charge in [-0.2, -0.15) is 17.5 Å². The first-order valence-electron chi connectivity index (χ1n) is 8.21. The van der Waals surface area contributed by atoms with Gasteiger partial charge in [-0.25, -0.2) is 13.2 Å². The SMILES string of the molecule is O=C(CN1CCN(S(=O)(=O)c2c(Cl)cccc2Cl)CC1)NC(=O)NCC(F)(F)F. The highest BCUT2D eigenvalue weighted by molar-refractivity contribution is 7.89. The van der Waals surface area contributed by atoms with Crippen LogP contribution in [-0.2, 0) is 14.8 Å². The lowest BCUT2D eigenvalue weighted by Gasteiger charge is -2.33. The van der Waals surface area contributed by atoms with Crippen molar-refractivity contribution in [2.45, 2.75) is 11.1 Å². The summed E-state index contributed by atoms with van der Waals surface area (Å²) in [6.45, 7) is -1.43. The highest BCUT2D eigenvalue weighted by Gasteiger charge is 2.32. The number of amides is 3. The van der Waals surface area contributed by atoms with Crippen molar-refractivity contribution in [3.63, 3.8) is 0 Å². The van der Waals surface area contributed by atoms with Crippen LogP contribution in [0.4, 0.5) is 18.0 Å². The number of alkyl halides is 3. The van der Waals surface area contributed by atoms with E-state index in [1.54, 1.807) is 10.2 Å². The van der Waals surface area contributed by atoms with Gasteiger partial charge in [-0.1, -0.05) is 29.3 Å². The maximum absolute atomic E-state index is 12.8. The lowest BCUT2D eigenvalue weighted by Crippen LogP contribution is -2.52. The minimum Gasteiger partial charge on any atom is -0.329 e. The summed E-state index contributed by atoms with van der Waals surface area (Å²) < 4.78 is 62.8. The van der Waals surface area contributed by atoms with Gasteiger partial charge in [0, 0.05) is 26.2 Å². The highest BCUT2D eigenvalue weighted by Crippen LogP contribution is 2.31. The number of sulfonamides is 1. The van der Waals surface area contributed by atoms with E-state index in [9.17, 15) is 31.2 Å². The molecule has 1 heterocycles. The molecule has 3 amide bonds. The van der Waals surface area contributed by atoms with Gasteiger partial charge in [0.25, 0.3) is 0 Å². The van der Waals surface area contributed by atoms with Crippen LogP contribution in [-0.4, -0.2) is 75.0 Å². The minimum absolute atomic E-state index is 0.0100. The molecule has 0 radical (unpaired) electrons. The van der Waals surface area contributed by atoms with Crippen LogP contribution in [0.15, 0.2) is 23.1 Å². The predicted molar refractivity (Wildman–Crippen MR) is 99.3 cm³/mol. The third kappa shape index (κ3) is 6.71. The van der Waals surface area contributed by atoms with Crippen molar-refractivity contribution >= 4 is 45.2 Å². The number of hydrogen-bond acceptors (Lipinski definition) is 5. The van der Waals surface area contributed by atoms with Crippen LogP contribution in [0, 0.1) is 0 Å². The molecule has 0 aliphatic carbocycles. The number of carbonyl (C=O) groups is 2. The van der Waals surface area contributed by atoms with Gasteiger partial charge in [0.1, 0.15) is 11.4 Å². The van der Waals surface area contributed by atoms with E-state index in [0.29, 0.717) is 0 Å². The highest BCUT2D eigenvalue weighted by atomic mass is 35.5. The van der Waals surface area contributed by atoms with E-state index in [-0.39, 0.29) is 47.7 Å². The summed E-state index contributed by atoms with van der Waals surface area (Å²) in [5.41, 5.74) is 0. The van der Waals surface area contributed by atoms with E-state index >= 15 is 0 Å². The number of urea groups is 1. The van der Waals surface area contributed by atoms with Crippen LogP contribution in [0.25, 0.3) is 0 Å². The second-order valence-corrected chi connectivity index (χ2v) is 8.77. The summed E-state index contributed by atoms with van der Waals surface area (Å²) in [4.78, 5) is 24.4. The summed E-state index contributed by atoms with van der Waals surface area (Å²) in [5, 5.41) is 3.28. The van der Waals surface area contributed by atoms with Crippen LogP contribution in [0.1, 0.15) is 0 Å². The number of carbonyl (C=O) groups excluding carboxylic acids is 2. The zero-order valence-corrected chi connectivity index (χ0v) is 17.1. The van der Waals surface area contributed by atoms with E-state index in [1.807, 2.05) is 0 Å². The molecule has 2 rings (SSSR count). The number of nitrogens with one attached hydrogen (secondary N) is 2. The van der Waals surface area contributed by atoms with Gasteiger partial charge < -0.3 is 5.32 Å². The Balaban J connectivity index is 1.87. The molecular weight excluding hydrogens is 460 g/mol. The summed E-state index contributed by atoms with van der Waals surface area (Å²) >= 11 is 11.9. The average Bonchev–Trinajstić information content (AvgIpc) is 2.59. The standard InChI is InChI=1S/C15H17Cl2F3N4O4S/c16-10-2-1-3-11(17)13(10)29(27,28)24-6-4-23(5-7-24)8-12(25)22-14(26)21-9-15(18,19)20/h1-3H,4-9H2,(H2,21,22,25,26). The Kier molecular flexibility index (Phi) is 7.74. The zero-order chi connectivity index (χ0) is 21.8. The third-order valence-corrected chi connectivity index (χ3v) is 6.77. The average molecular weight is 477 g/mol. The molecule has 0 aromatic heterocycles. The Hall–Kier alpha value is -1.60. The first-order chi connectivity index (χ1) is 13.4. The van der Waals surface area contributed by atoms with Gasteiger partial charge in [-0.05, 0) is 12.1 Å². The molecule has 1 fully saturated rings. The van der Waals surface area contributed by atoms with Crippen molar-refractivity contribution in [2.24, 2.45) is 0 Å². The van der Waals surface area contributed by atoms with Gasteiger partial charge in [0.2, 0.25) is 15.9 Å². The van der Waals surface area contributed by atoms with Crippen LogP contribution in [0.3, 0.4) is 0 Å². The summed E-state index contributed by atoms with van der Waals surface area (Å²) in [7, 11) is -3.94. The Bertz CT molecular complexity index is 855. The molecule has 1 aromatic carbocycles. The molecule has 1 saturated heterocycles. The normalized spacial score (nSPS) is 16.4. The van der Waals surface area contributed by atoms with Crippen LogP contribution in [0.2, 0.25) is 10.0 Å². The molecule has 162 valence electrons. The number of rotatable bonds is 5. The molecule has 2 N–H and O–H groups in total. The third-order valence-electron chi connectivity index (χ3n) is 3.92. The Labute approximate surface area is 175 Å². The van der Waals surface area contributed by atoms with Crippen molar-refractivity contribution in [1.29, 1.82) is 0 Å². The molecule has 14 heteroatoms. The number of halogens is 5. The topological polar surface area (TPSA) is 98.8 Å². The maximum atomic E-state index is 12.8. The second-order valence-electron chi connectivity index (χ2n) is 6.08. The van der Waals surface area contributed by atoms with Gasteiger partial charge in [-0.15, -0.1) is 0 Å². The first-order valence-corrected chi connectivity index (χ1v) is 10.4. The maximum Gasteiger partial charge on any atom is 0.405 e. The van der Waals surface area contributed by atoms with E-state index in [0.717, 1.165) is 0 Å². The molecule has 1 aromatic rings. The largest absolute Gasteiger partial charge is 0.405 e. The summed E-state index contributed by atoms with van der Waals surface area (Å²) in [6, 6.07) is 3.07. The summed E-state index contributed by atoms with van der Waals surface area (Å²) in [5.74, 6) is -0.810. The van der Waals surface area contributed by atoms with E-state index in [2.05, 4.69) is 0 Å². The molecule has 29 heavy (non-hydrogen) atoms. The van der Waals surface area contributed by atoms with Crippen molar-refractivity contribution in [1.82, 2.24) is 19.8 Å². The first kappa shape index (κ1) is 23.7. The van der Waals surface area contributed by atoms with Crippen molar-refractivity contribution < 1.29 is 31.2 Å². The quantitative estimate of drug-likeness (QED) is 0.673. The van der Waals surface area contributed by atoms with E-state index in [1.165, 1.54) is 27.8 Å². The Morgan fingerprint density at radius 1 is 1.07 bits per heavy atom. The molecule has 0 bridgehead atoms. The Morgan fingerprint density at radius 3 is 2.14 bits per heavy atom. The van der Waals surface area contributed by atoms with Gasteiger partial charge >= 0.3 is 12.2 Å². The van der Waals surface area contributed by atoms with Crippen LogP contribution < -0.4 is 10.6 Å². The predicted octanol–water partition coefficient (Wildman–Crippen LogP) is 1.69. The number of imide groups is 1. The molecule has 0 spiro atoms. The molecule has 0 unspecified atom stereocenters. The van der Waals surface area contributed by atoms with E-state index in [4.69, 9.17) is 23.2 Å². The molecular formula is C15H17Cl2F3N4O4S. The van der Waals surface area contributed by atoms with Crippen molar-refractivity contribution in [2.75, 3.05) is 39.3 Å². The molecule has 1 aliphatic heterocycles. The number of hydrogen-bond donors (Lipinski definition) is 2. The monoisotopic (exact) mass is 476 g/mol. The van der Waals surface area contributed by atoms with Crippen LogP contribution in [0.5, 0.6) is 0 Å². The number of benzene rings is 1. The van der Waals surface area contributed by atoms with E-state index < -0.39 is 34.7 Å². The van der Waals surface area contributed by atoms with Gasteiger partial charge in [-0.3, -0.25) is 15.0 Å². The molecule has 1 aliphatic rings.